The number of nitro benzene ring substituents is 1. The number of carbonyl (C=O) groups excluding carboxylic acids is 1. The topological polar surface area (TPSA) is 107 Å². The number of piperazine rings is 1. The minimum absolute atomic E-state index is 0.00173. The van der Waals surface area contributed by atoms with Crippen LogP contribution in [0.4, 0.5) is 17.2 Å². The molecule has 9 nitrogen and oxygen atoms in total. The maximum atomic E-state index is 13.0. The van der Waals surface area contributed by atoms with Crippen molar-refractivity contribution in [1.82, 2.24) is 14.9 Å². The van der Waals surface area contributed by atoms with Crippen molar-refractivity contribution in [2.24, 2.45) is 0 Å². The smallest absolute Gasteiger partial charge is 0.271 e. The highest BCUT2D eigenvalue weighted by molar-refractivity contribution is 5.98. The minimum atomic E-state index is -0.443. The average molecular weight is 408 g/mol. The molecule has 1 saturated heterocycles. The van der Waals surface area contributed by atoms with Gasteiger partial charge in [-0.2, -0.15) is 0 Å². The van der Waals surface area contributed by atoms with E-state index in [1.54, 1.807) is 23.2 Å². The second kappa shape index (κ2) is 8.02. The van der Waals surface area contributed by atoms with Gasteiger partial charge >= 0.3 is 0 Å². The van der Waals surface area contributed by atoms with Gasteiger partial charge in [0, 0.05) is 55.9 Å². The van der Waals surface area contributed by atoms with Crippen LogP contribution >= 0.6 is 0 Å². The lowest BCUT2D eigenvalue weighted by Crippen LogP contribution is -2.49. The van der Waals surface area contributed by atoms with Crippen LogP contribution in [0, 0.1) is 10.1 Å². The Bertz CT molecular complexity index is 1090. The van der Waals surface area contributed by atoms with Crippen molar-refractivity contribution in [1.29, 1.82) is 0 Å². The highest BCUT2D eigenvalue weighted by Crippen LogP contribution is 2.26. The number of nitrogens with one attached hydrogen (secondary N) is 2. The number of nitrogens with zero attached hydrogens (tertiary/aromatic N) is 4. The van der Waals surface area contributed by atoms with Crippen molar-refractivity contribution in [2.45, 2.75) is 19.9 Å². The molecule has 2 aromatic heterocycles. The van der Waals surface area contributed by atoms with Gasteiger partial charge in [-0.3, -0.25) is 14.9 Å². The number of fused-ring (bicyclic) bond motifs is 1. The van der Waals surface area contributed by atoms with Gasteiger partial charge in [-0.25, -0.2) is 4.98 Å². The van der Waals surface area contributed by atoms with Gasteiger partial charge in [0.05, 0.1) is 16.1 Å². The summed E-state index contributed by atoms with van der Waals surface area (Å²) < 4.78 is 0. The molecule has 0 atom stereocenters. The predicted molar refractivity (Wildman–Crippen MR) is 116 cm³/mol. The van der Waals surface area contributed by atoms with Gasteiger partial charge < -0.3 is 20.1 Å². The number of carbonyl (C=O) groups is 1. The molecule has 1 fully saturated rings. The number of aromatic amines is 1. The zero-order valence-corrected chi connectivity index (χ0v) is 17.0. The van der Waals surface area contributed by atoms with E-state index in [-0.39, 0.29) is 11.6 Å². The Morgan fingerprint density at radius 3 is 2.67 bits per heavy atom. The van der Waals surface area contributed by atoms with E-state index in [2.05, 4.69) is 34.0 Å². The van der Waals surface area contributed by atoms with Crippen LogP contribution in [-0.2, 0) is 0 Å². The molecule has 1 amide bonds. The van der Waals surface area contributed by atoms with Crippen LogP contribution in [0.2, 0.25) is 0 Å². The Balaban J connectivity index is 1.46. The van der Waals surface area contributed by atoms with E-state index in [1.807, 2.05) is 12.1 Å². The first-order chi connectivity index (χ1) is 14.4. The van der Waals surface area contributed by atoms with Gasteiger partial charge in [-0.1, -0.05) is 0 Å². The molecular formula is C21H24N6O3. The lowest BCUT2D eigenvalue weighted by molar-refractivity contribution is -0.384. The number of hydrogen-bond donors (Lipinski definition) is 2. The van der Waals surface area contributed by atoms with E-state index in [4.69, 9.17) is 0 Å². The number of amides is 1. The Morgan fingerprint density at radius 2 is 1.97 bits per heavy atom. The number of pyridine rings is 1. The number of H-pyrrole nitrogens is 1. The molecule has 1 aliphatic rings. The third kappa shape index (κ3) is 3.91. The number of nitro groups is 1. The third-order valence-corrected chi connectivity index (χ3v) is 5.14. The van der Waals surface area contributed by atoms with Crippen LogP contribution in [0.1, 0.15) is 24.3 Å². The summed E-state index contributed by atoms with van der Waals surface area (Å²) in [4.78, 5) is 35.0. The van der Waals surface area contributed by atoms with E-state index in [1.165, 1.54) is 12.1 Å². The Hall–Kier alpha value is -3.62. The zero-order chi connectivity index (χ0) is 21.3. The molecule has 30 heavy (non-hydrogen) atoms. The Morgan fingerprint density at radius 1 is 1.20 bits per heavy atom. The van der Waals surface area contributed by atoms with Gasteiger partial charge in [0.25, 0.3) is 11.6 Å². The van der Waals surface area contributed by atoms with Gasteiger partial charge in [0.1, 0.15) is 5.69 Å². The summed E-state index contributed by atoms with van der Waals surface area (Å²) in [6.45, 7) is 6.69. The van der Waals surface area contributed by atoms with Gasteiger partial charge in [0.2, 0.25) is 0 Å². The number of hydrogen-bond acceptors (Lipinski definition) is 6. The first-order valence-corrected chi connectivity index (χ1v) is 9.95. The van der Waals surface area contributed by atoms with E-state index in [0.717, 1.165) is 16.9 Å². The van der Waals surface area contributed by atoms with Crippen molar-refractivity contribution >= 4 is 34.0 Å². The molecule has 3 aromatic rings. The summed E-state index contributed by atoms with van der Waals surface area (Å²) in [6.07, 6.45) is 1.78. The van der Waals surface area contributed by atoms with E-state index < -0.39 is 4.92 Å². The number of aromatic nitrogens is 2. The minimum Gasteiger partial charge on any atom is -0.380 e. The molecule has 0 radical (unpaired) electrons. The zero-order valence-electron chi connectivity index (χ0n) is 17.0. The first kappa shape index (κ1) is 19.7. The van der Waals surface area contributed by atoms with Crippen LogP contribution in [0.5, 0.6) is 0 Å². The highest BCUT2D eigenvalue weighted by Gasteiger charge is 2.25. The molecule has 1 aromatic carbocycles. The summed E-state index contributed by atoms with van der Waals surface area (Å²) in [6, 6.07) is 10.5. The van der Waals surface area contributed by atoms with Gasteiger partial charge in [-0.15, -0.1) is 0 Å². The van der Waals surface area contributed by atoms with Crippen molar-refractivity contribution in [3.8, 4) is 0 Å². The van der Waals surface area contributed by atoms with Crippen molar-refractivity contribution in [3.63, 3.8) is 0 Å². The fourth-order valence-electron chi connectivity index (χ4n) is 3.71. The van der Waals surface area contributed by atoms with Gasteiger partial charge in [0.15, 0.2) is 5.82 Å². The van der Waals surface area contributed by atoms with Crippen molar-refractivity contribution in [2.75, 3.05) is 36.4 Å². The fraction of sp³-hybridized carbons (Fsp3) is 0.333. The number of non-ortho nitro benzene ring substituents is 1. The van der Waals surface area contributed by atoms with E-state index >= 15 is 0 Å². The van der Waals surface area contributed by atoms with E-state index in [9.17, 15) is 14.9 Å². The molecule has 1 aliphatic heterocycles. The summed E-state index contributed by atoms with van der Waals surface area (Å²) >= 11 is 0. The molecule has 0 aliphatic carbocycles. The van der Waals surface area contributed by atoms with Gasteiger partial charge in [-0.05, 0) is 38.1 Å². The molecule has 0 spiro atoms. The molecule has 3 heterocycles. The van der Waals surface area contributed by atoms with Crippen molar-refractivity contribution < 1.29 is 9.72 Å². The molecular weight excluding hydrogens is 384 g/mol. The quantitative estimate of drug-likeness (QED) is 0.496. The Kier molecular flexibility index (Phi) is 5.26. The second-order valence-corrected chi connectivity index (χ2v) is 7.66. The van der Waals surface area contributed by atoms with Crippen LogP contribution in [0.3, 0.4) is 0 Å². The lowest BCUT2D eigenvalue weighted by Gasteiger charge is -2.36. The monoisotopic (exact) mass is 408 g/mol. The maximum Gasteiger partial charge on any atom is 0.271 e. The molecule has 0 unspecified atom stereocenters. The molecule has 2 N–H and O–H groups in total. The molecule has 9 heteroatoms. The van der Waals surface area contributed by atoms with Crippen LogP contribution in [-0.4, -0.2) is 57.9 Å². The SMILES string of the molecule is CC(C)Nc1cccnc1N1CCN(C(=O)c2cc3ccc([N+](=O)[O-])cc3[nH]2)CC1. The third-order valence-electron chi connectivity index (χ3n) is 5.14. The summed E-state index contributed by atoms with van der Waals surface area (Å²) in [5.74, 6) is 0.797. The number of rotatable bonds is 5. The van der Waals surface area contributed by atoms with Crippen molar-refractivity contribution in [3.05, 3.63) is 58.4 Å². The number of benzene rings is 1. The van der Waals surface area contributed by atoms with Crippen LogP contribution in [0.25, 0.3) is 10.9 Å². The maximum absolute atomic E-state index is 13.0. The fourth-order valence-corrected chi connectivity index (χ4v) is 3.71. The normalized spacial score (nSPS) is 14.4. The predicted octanol–water partition coefficient (Wildman–Crippen LogP) is 3.25. The summed E-state index contributed by atoms with van der Waals surface area (Å²) in [5.41, 5.74) is 2.02. The summed E-state index contributed by atoms with van der Waals surface area (Å²) in [7, 11) is 0. The second-order valence-electron chi connectivity index (χ2n) is 7.66. The van der Waals surface area contributed by atoms with Crippen LogP contribution < -0.4 is 10.2 Å². The standard InChI is InChI=1S/C21H24N6O3/c1-14(2)23-17-4-3-7-22-20(17)25-8-10-26(11-9-25)21(28)19-12-15-5-6-16(27(29)30)13-18(15)24-19/h3-7,12-14,23-24H,8-11H2,1-2H3. The average Bonchev–Trinajstić information content (AvgIpc) is 3.17. The summed E-state index contributed by atoms with van der Waals surface area (Å²) in [5, 5.41) is 15.2. The van der Waals surface area contributed by atoms with E-state index in [0.29, 0.717) is 43.4 Å². The molecule has 156 valence electrons. The molecule has 0 bridgehead atoms. The first-order valence-electron chi connectivity index (χ1n) is 9.95. The lowest BCUT2D eigenvalue weighted by atomic mass is 10.2. The number of anilines is 2. The Labute approximate surface area is 173 Å². The molecule has 0 saturated carbocycles. The molecule has 4 rings (SSSR count). The highest BCUT2D eigenvalue weighted by atomic mass is 16.6. The largest absolute Gasteiger partial charge is 0.380 e. The van der Waals surface area contributed by atoms with Crippen LogP contribution in [0.15, 0.2) is 42.6 Å².